The second-order valence-electron chi connectivity index (χ2n) is 7.83. The molecule has 0 amide bonds. The predicted octanol–water partition coefficient (Wildman–Crippen LogP) is 4.66. The quantitative estimate of drug-likeness (QED) is 0.549. The van der Waals surface area contributed by atoms with Crippen LogP contribution in [0, 0.1) is 5.41 Å². The predicted molar refractivity (Wildman–Crippen MR) is 105 cm³/mol. The maximum atomic E-state index is 13.4. The summed E-state index contributed by atoms with van der Waals surface area (Å²) in [7, 11) is 0. The van der Waals surface area contributed by atoms with E-state index in [1.54, 1.807) is 0 Å². The molecule has 0 unspecified atom stereocenters. The highest BCUT2D eigenvalue weighted by molar-refractivity contribution is 6.05. The average Bonchev–Trinajstić information content (AvgIpc) is 3.46. The van der Waals surface area contributed by atoms with E-state index in [0.717, 1.165) is 22.3 Å². The Bertz CT molecular complexity index is 941. The molecule has 0 radical (unpaired) electrons. The first-order valence-corrected chi connectivity index (χ1v) is 10.1. The van der Waals surface area contributed by atoms with E-state index in [-0.39, 0.29) is 5.78 Å². The van der Waals surface area contributed by atoms with Gasteiger partial charge < -0.3 is 14.2 Å². The van der Waals surface area contributed by atoms with Crippen LogP contribution in [0.25, 0.3) is 11.1 Å². The van der Waals surface area contributed by atoms with Crippen molar-refractivity contribution in [1.82, 2.24) is 0 Å². The molecule has 2 aromatic carbocycles. The Balaban J connectivity index is 1.42. The summed E-state index contributed by atoms with van der Waals surface area (Å²) in [5.41, 5.74) is 2.98. The van der Waals surface area contributed by atoms with Gasteiger partial charge in [-0.2, -0.15) is 0 Å². The zero-order chi connectivity index (χ0) is 19.8. The Morgan fingerprint density at radius 2 is 1.62 bits per heavy atom. The van der Waals surface area contributed by atoms with Gasteiger partial charge in [0, 0.05) is 24.0 Å². The number of ketones is 1. The number of benzene rings is 2. The summed E-state index contributed by atoms with van der Waals surface area (Å²) in [5, 5.41) is 0. The van der Waals surface area contributed by atoms with Crippen molar-refractivity contribution in [2.24, 2.45) is 5.41 Å². The molecular weight excluding hydrogens is 368 g/mol. The van der Waals surface area contributed by atoms with Gasteiger partial charge in [-0.3, -0.25) is 9.59 Å². The van der Waals surface area contributed by atoms with E-state index in [4.69, 9.17) is 14.2 Å². The fourth-order valence-electron chi connectivity index (χ4n) is 4.74. The number of fused-ring (bicyclic) bond motifs is 3. The van der Waals surface area contributed by atoms with Crippen LogP contribution in [0.3, 0.4) is 0 Å². The molecule has 1 fully saturated rings. The van der Waals surface area contributed by atoms with Crippen molar-refractivity contribution in [1.29, 1.82) is 0 Å². The number of Topliss-reactive ketones (excluding diaryl/α,β-unsaturated/α-hetero) is 1. The van der Waals surface area contributed by atoms with Crippen molar-refractivity contribution >= 4 is 11.8 Å². The second-order valence-corrected chi connectivity index (χ2v) is 7.83. The van der Waals surface area contributed by atoms with Gasteiger partial charge in [0.2, 0.25) is 6.29 Å². The Morgan fingerprint density at radius 1 is 1.00 bits per heavy atom. The van der Waals surface area contributed by atoms with Gasteiger partial charge in [-0.05, 0) is 30.4 Å². The first-order valence-electron chi connectivity index (χ1n) is 10.1. The van der Waals surface area contributed by atoms with E-state index in [2.05, 4.69) is 0 Å². The first kappa shape index (κ1) is 18.0. The van der Waals surface area contributed by atoms with Gasteiger partial charge in [0.15, 0.2) is 6.10 Å². The van der Waals surface area contributed by atoms with Crippen molar-refractivity contribution in [2.75, 3.05) is 0 Å². The molecule has 0 saturated heterocycles. The molecule has 0 N–H and O–H groups in total. The lowest BCUT2D eigenvalue weighted by atomic mass is 9.80. The Hall–Kier alpha value is -3.08. The summed E-state index contributed by atoms with van der Waals surface area (Å²) in [5.74, 6) is -0.463. The summed E-state index contributed by atoms with van der Waals surface area (Å²) in [6.45, 7) is 0. The summed E-state index contributed by atoms with van der Waals surface area (Å²) < 4.78 is 16.7. The zero-order valence-electron chi connectivity index (χ0n) is 16.0. The number of hydrogen-bond acceptors (Lipinski definition) is 5. The van der Waals surface area contributed by atoms with Gasteiger partial charge >= 0.3 is 5.97 Å². The molecule has 1 atom stereocenters. The second kappa shape index (κ2) is 7.07. The van der Waals surface area contributed by atoms with Crippen molar-refractivity contribution in [2.45, 2.75) is 44.5 Å². The largest absolute Gasteiger partial charge is 0.459 e. The first-order chi connectivity index (χ1) is 14.2. The van der Waals surface area contributed by atoms with Crippen LogP contribution < -0.4 is 0 Å². The smallest absolute Gasteiger partial charge is 0.320 e. The van der Waals surface area contributed by atoms with Crippen molar-refractivity contribution in [3.8, 4) is 11.1 Å². The zero-order valence-corrected chi connectivity index (χ0v) is 16.0. The molecular formula is C24H22O5. The molecule has 0 aromatic heterocycles. The maximum Gasteiger partial charge on any atom is 0.320 e. The number of carbonyl (C=O) groups is 2. The SMILES string of the molecule is O=C1CCC[C@@]1(CCC1OC=CO1)C(=O)OC1c2ccccc2-c2ccccc21. The minimum Gasteiger partial charge on any atom is -0.459 e. The van der Waals surface area contributed by atoms with Crippen LogP contribution in [0.4, 0.5) is 0 Å². The molecule has 29 heavy (non-hydrogen) atoms. The lowest BCUT2D eigenvalue weighted by molar-refractivity contribution is -0.164. The van der Waals surface area contributed by atoms with Gasteiger partial charge in [0.25, 0.3) is 0 Å². The normalized spacial score (nSPS) is 22.8. The monoisotopic (exact) mass is 390 g/mol. The molecule has 5 heteroatoms. The van der Waals surface area contributed by atoms with Crippen molar-refractivity contribution in [3.63, 3.8) is 0 Å². The van der Waals surface area contributed by atoms with Crippen LogP contribution >= 0.6 is 0 Å². The summed E-state index contributed by atoms with van der Waals surface area (Å²) in [6.07, 6.45) is 4.51. The molecule has 148 valence electrons. The molecule has 5 rings (SSSR count). The van der Waals surface area contributed by atoms with Crippen LogP contribution in [0.15, 0.2) is 61.1 Å². The summed E-state index contributed by atoms with van der Waals surface area (Å²) in [6, 6.07) is 15.9. The van der Waals surface area contributed by atoms with Gasteiger partial charge in [-0.1, -0.05) is 48.5 Å². The molecule has 2 aliphatic carbocycles. The van der Waals surface area contributed by atoms with Gasteiger partial charge in [-0.25, -0.2) is 0 Å². The Kier molecular flexibility index (Phi) is 4.38. The van der Waals surface area contributed by atoms with Crippen LogP contribution in [0.2, 0.25) is 0 Å². The van der Waals surface area contributed by atoms with Crippen LogP contribution in [0.1, 0.15) is 49.3 Å². The summed E-state index contributed by atoms with van der Waals surface area (Å²) >= 11 is 0. The number of hydrogen-bond donors (Lipinski definition) is 0. The highest BCUT2D eigenvalue weighted by atomic mass is 16.7. The Morgan fingerprint density at radius 3 is 2.21 bits per heavy atom. The summed E-state index contributed by atoms with van der Waals surface area (Å²) in [4.78, 5) is 26.2. The fourth-order valence-corrected chi connectivity index (χ4v) is 4.74. The number of esters is 1. The minimum absolute atomic E-state index is 0.0342. The van der Waals surface area contributed by atoms with E-state index in [1.807, 2.05) is 48.5 Å². The molecule has 1 saturated carbocycles. The van der Waals surface area contributed by atoms with Crippen molar-refractivity contribution in [3.05, 3.63) is 72.2 Å². The molecule has 1 aliphatic heterocycles. The molecule has 0 bridgehead atoms. The van der Waals surface area contributed by atoms with Gasteiger partial charge in [-0.15, -0.1) is 0 Å². The maximum absolute atomic E-state index is 13.4. The van der Waals surface area contributed by atoms with Gasteiger partial charge in [0.05, 0.1) is 0 Å². The third kappa shape index (κ3) is 2.92. The van der Waals surface area contributed by atoms with E-state index < -0.39 is 23.8 Å². The minimum atomic E-state index is -1.11. The van der Waals surface area contributed by atoms with Gasteiger partial charge in [0.1, 0.15) is 23.7 Å². The lowest BCUT2D eigenvalue weighted by Crippen LogP contribution is -2.38. The van der Waals surface area contributed by atoms with Crippen LogP contribution in [0.5, 0.6) is 0 Å². The standard InChI is InChI=1S/C24H22O5/c25-20-10-5-12-24(20,13-11-21-27-14-15-28-21)23(26)29-22-18-8-3-1-6-16(18)17-7-2-4-9-19(17)22/h1-4,6-9,14-15,21-22H,5,10-13H2/t24-/m0/s1. The van der Waals surface area contributed by atoms with E-state index in [9.17, 15) is 9.59 Å². The molecule has 0 spiro atoms. The highest BCUT2D eigenvalue weighted by Gasteiger charge is 2.51. The van der Waals surface area contributed by atoms with E-state index in [1.165, 1.54) is 12.5 Å². The van der Waals surface area contributed by atoms with Crippen molar-refractivity contribution < 1.29 is 23.8 Å². The fraction of sp³-hybridized carbons (Fsp3) is 0.333. The highest BCUT2D eigenvalue weighted by Crippen LogP contribution is 2.48. The molecule has 3 aliphatic rings. The molecule has 5 nitrogen and oxygen atoms in total. The molecule has 2 aromatic rings. The average molecular weight is 390 g/mol. The van der Waals surface area contributed by atoms with E-state index >= 15 is 0 Å². The van der Waals surface area contributed by atoms with E-state index in [0.29, 0.717) is 32.1 Å². The third-order valence-corrected chi connectivity index (χ3v) is 6.26. The lowest BCUT2D eigenvalue weighted by Gasteiger charge is -2.28. The van der Waals surface area contributed by atoms with Crippen LogP contribution in [-0.4, -0.2) is 18.0 Å². The number of rotatable bonds is 5. The number of carbonyl (C=O) groups excluding carboxylic acids is 2. The Labute approximate surface area is 169 Å². The topological polar surface area (TPSA) is 61.8 Å². The number of ether oxygens (including phenoxy) is 3. The van der Waals surface area contributed by atoms with Crippen LogP contribution in [-0.2, 0) is 23.8 Å². The third-order valence-electron chi connectivity index (χ3n) is 6.26. The molecule has 1 heterocycles.